The van der Waals surface area contributed by atoms with Gasteiger partial charge in [0.2, 0.25) is 11.8 Å². The van der Waals surface area contributed by atoms with Gasteiger partial charge in [0.1, 0.15) is 0 Å². The van der Waals surface area contributed by atoms with Crippen molar-refractivity contribution in [2.45, 2.75) is 38.6 Å². The highest BCUT2D eigenvalue weighted by Crippen LogP contribution is 2.10. The average molecular weight is 285 g/mol. The standard InChI is InChI=1S/C14H27N3O3/c1-12(14(15)19)16(10-11-20-2)9-6-13(18)17-7-4-3-5-8-17/h12H,3-11H2,1-2H3,(H2,15,19). The first kappa shape index (κ1) is 16.9. The van der Waals surface area contributed by atoms with Gasteiger partial charge >= 0.3 is 0 Å². The molecule has 0 aromatic heterocycles. The Hall–Kier alpha value is -1.14. The molecule has 1 unspecified atom stereocenters. The third-order valence-corrected chi connectivity index (χ3v) is 3.86. The molecule has 0 saturated carbocycles. The molecule has 6 heteroatoms. The average Bonchev–Trinajstić information content (AvgIpc) is 2.47. The van der Waals surface area contributed by atoms with E-state index in [-0.39, 0.29) is 17.9 Å². The van der Waals surface area contributed by atoms with Crippen molar-refractivity contribution < 1.29 is 14.3 Å². The minimum Gasteiger partial charge on any atom is -0.383 e. The lowest BCUT2D eigenvalue weighted by Gasteiger charge is -2.30. The Morgan fingerprint density at radius 3 is 2.45 bits per heavy atom. The van der Waals surface area contributed by atoms with Gasteiger partial charge in [-0.25, -0.2) is 0 Å². The summed E-state index contributed by atoms with van der Waals surface area (Å²) in [7, 11) is 1.62. The molecule has 116 valence electrons. The lowest BCUT2D eigenvalue weighted by molar-refractivity contribution is -0.133. The number of nitrogens with two attached hydrogens (primary N) is 1. The number of ether oxygens (including phenoxy) is 1. The molecule has 20 heavy (non-hydrogen) atoms. The SMILES string of the molecule is COCCN(CCC(=O)N1CCCCC1)C(C)C(N)=O. The van der Waals surface area contributed by atoms with Crippen LogP contribution in [0.2, 0.25) is 0 Å². The van der Waals surface area contributed by atoms with E-state index in [2.05, 4.69) is 0 Å². The molecular formula is C14H27N3O3. The van der Waals surface area contributed by atoms with Crippen LogP contribution in [-0.2, 0) is 14.3 Å². The van der Waals surface area contributed by atoms with Gasteiger partial charge in [0.05, 0.1) is 12.6 Å². The fraction of sp³-hybridized carbons (Fsp3) is 0.857. The highest BCUT2D eigenvalue weighted by Gasteiger charge is 2.21. The smallest absolute Gasteiger partial charge is 0.234 e. The van der Waals surface area contributed by atoms with Crippen LogP contribution in [0.3, 0.4) is 0 Å². The minimum atomic E-state index is -0.376. The maximum Gasteiger partial charge on any atom is 0.234 e. The Balaban J connectivity index is 2.43. The predicted molar refractivity (Wildman–Crippen MR) is 77.2 cm³/mol. The number of piperidine rings is 1. The molecule has 0 spiro atoms. The predicted octanol–water partition coefficient (Wildman–Crippen LogP) is 0.211. The number of rotatable bonds is 8. The largest absolute Gasteiger partial charge is 0.383 e. The van der Waals surface area contributed by atoms with Gasteiger partial charge in [0.25, 0.3) is 0 Å². The van der Waals surface area contributed by atoms with E-state index in [9.17, 15) is 9.59 Å². The quantitative estimate of drug-likeness (QED) is 0.692. The molecule has 1 rings (SSSR count). The van der Waals surface area contributed by atoms with Crippen LogP contribution in [0.15, 0.2) is 0 Å². The third kappa shape index (κ3) is 5.46. The normalized spacial score (nSPS) is 17.2. The van der Waals surface area contributed by atoms with Crippen LogP contribution >= 0.6 is 0 Å². The summed E-state index contributed by atoms with van der Waals surface area (Å²) >= 11 is 0. The number of methoxy groups -OCH3 is 1. The molecule has 6 nitrogen and oxygen atoms in total. The van der Waals surface area contributed by atoms with Gasteiger partial charge < -0.3 is 15.4 Å². The van der Waals surface area contributed by atoms with Crippen molar-refractivity contribution in [2.75, 3.05) is 39.9 Å². The zero-order valence-electron chi connectivity index (χ0n) is 12.6. The van der Waals surface area contributed by atoms with Gasteiger partial charge in [0.15, 0.2) is 0 Å². The summed E-state index contributed by atoms with van der Waals surface area (Å²) in [6.45, 7) is 5.17. The van der Waals surface area contributed by atoms with E-state index >= 15 is 0 Å². The Morgan fingerprint density at radius 1 is 1.25 bits per heavy atom. The van der Waals surface area contributed by atoms with E-state index in [4.69, 9.17) is 10.5 Å². The van der Waals surface area contributed by atoms with Crippen molar-refractivity contribution in [3.8, 4) is 0 Å². The molecule has 1 heterocycles. The highest BCUT2D eigenvalue weighted by atomic mass is 16.5. The molecule has 0 aliphatic carbocycles. The summed E-state index contributed by atoms with van der Waals surface area (Å²) < 4.78 is 5.04. The first-order valence-electron chi connectivity index (χ1n) is 7.36. The number of primary amides is 1. The molecule has 1 atom stereocenters. The van der Waals surface area contributed by atoms with Crippen LogP contribution in [0.1, 0.15) is 32.6 Å². The van der Waals surface area contributed by atoms with Crippen molar-refractivity contribution in [3.05, 3.63) is 0 Å². The Kier molecular flexibility index (Phi) is 7.54. The van der Waals surface area contributed by atoms with Crippen LogP contribution in [-0.4, -0.2) is 67.6 Å². The maximum atomic E-state index is 12.1. The van der Waals surface area contributed by atoms with Crippen molar-refractivity contribution in [2.24, 2.45) is 5.73 Å². The Morgan fingerprint density at radius 2 is 1.90 bits per heavy atom. The zero-order valence-corrected chi connectivity index (χ0v) is 12.6. The summed E-state index contributed by atoms with van der Waals surface area (Å²) in [6.07, 6.45) is 3.83. The summed E-state index contributed by atoms with van der Waals surface area (Å²) in [5.41, 5.74) is 5.34. The molecule has 0 aromatic carbocycles. The second kappa shape index (κ2) is 8.92. The van der Waals surface area contributed by atoms with Crippen LogP contribution in [0.25, 0.3) is 0 Å². The molecular weight excluding hydrogens is 258 g/mol. The molecule has 1 aliphatic rings. The second-order valence-corrected chi connectivity index (χ2v) is 5.30. The molecule has 2 amide bonds. The first-order valence-corrected chi connectivity index (χ1v) is 7.36. The molecule has 0 aromatic rings. The van der Waals surface area contributed by atoms with Gasteiger partial charge in [-0.3, -0.25) is 14.5 Å². The van der Waals surface area contributed by atoms with Crippen LogP contribution < -0.4 is 5.73 Å². The topological polar surface area (TPSA) is 75.9 Å². The lowest BCUT2D eigenvalue weighted by Crippen LogP contribution is -2.46. The highest BCUT2D eigenvalue weighted by molar-refractivity contribution is 5.79. The number of hydrogen-bond donors (Lipinski definition) is 1. The Bertz CT molecular complexity index is 317. The number of nitrogens with zero attached hydrogens (tertiary/aromatic N) is 2. The summed E-state index contributed by atoms with van der Waals surface area (Å²) in [5.74, 6) is -0.199. The fourth-order valence-electron chi connectivity index (χ4n) is 2.43. The van der Waals surface area contributed by atoms with Gasteiger partial charge in [-0.15, -0.1) is 0 Å². The van der Waals surface area contributed by atoms with Gasteiger partial charge in [0, 0.05) is 39.7 Å². The molecule has 2 N–H and O–H groups in total. The number of carbonyl (C=O) groups is 2. The minimum absolute atomic E-state index is 0.170. The summed E-state index contributed by atoms with van der Waals surface area (Å²) in [6, 6.07) is -0.376. The maximum absolute atomic E-state index is 12.1. The lowest BCUT2D eigenvalue weighted by atomic mass is 10.1. The van der Waals surface area contributed by atoms with Gasteiger partial charge in [-0.1, -0.05) is 0 Å². The van der Waals surface area contributed by atoms with Crippen LogP contribution in [0, 0.1) is 0 Å². The van der Waals surface area contributed by atoms with Crippen molar-refractivity contribution in [1.29, 1.82) is 0 Å². The van der Waals surface area contributed by atoms with E-state index in [0.29, 0.717) is 26.1 Å². The fourth-order valence-corrected chi connectivity index (χ4v) is 2.43. The number of hydrogen-bond acceptors (Lipinski definition) is 4. The van der Waals surface area contributed by atoms with E-state index < -0.39 is 0 Å². The van der Waals surface area contributed by atoms with Gasteiger partial charge in [-0.05, 0) is 26.2 Å². The van der Waals surface area contributed by atoms with E-state index in [0.717, 1.165) is 25.9 Å². The van der Waals surface area contributed by atoms with Crippen molar-refractivity contribution >= 4 is 11.8 Å². The molecule has 1 aliphatic heterocycles. The van der Waals surface area contributed by atoms with E-state index in [1.165, 1.54) is 6.42 Å². The second-order valence-electron chi connectivity index (χ2n) is 5.30. The van der Waals surface area contributed by atoms with Crippen LogP contribution in [0.4, 0.5) is 0 Å². The molecule has 0 bridgehead atoms. The van der Waals surface area contributed by atoms with E-state index in [1.54, 1.807) is 14.0 Å². The Labute approximate surface area is 121 Å². The molecule has 1 saturated heterocycles. The number of amides is 2. The summed E-state index contributed by atoms with van der Waals surface area (Å²) in [5, 5.41) is 0. The van der Waals surface area contributed by atoms with Gasteiger partial charge in [-0.2, -0.15) is 0 Å². The molecule has 0 radical (unpaired) electrons. The van der Waals surface area contributed by atoms with E-state index in [1.807, 2.05) is 9.80 Å². The van der Waals surface area contributed by atoms with Crippen molar-refractivity contribution in [1.82, 2.24) is 9.80 Å². The molecule has 1 fully saturated rings. The first-order chi connectivity index (χ1) is 9.56. The third-order valence-electron chi connectivity index (χ3n) is 3.86. The summed E-state index contributed by atoms with van der Waals surface area (Å²) in [4.78, 5) is 27.2. The zero-order chi connectivity index (χ0) is 15.0. The van der Waals surface area contributed by atoms with Crippen LogP contribution in [0.5, 0.6) is 0 Å². The van der Waals surface area contributed by atoms with Crippen molar-refractivity contribution in [3.63, 3.8) is 0 Å². The number of carbonyl (C=O) groups excluding carboxylic acids is 2. The number of likely N-dealkylation sites (tertiary alicyclic amines) is 1. The monoisotopic (exact) mass is 285 g/mol.